The molecular weight excluding hydrogens is 176 g/mol. The van der Waals surface area contributed by atoms with Gasteiger partial charge in [0, 0.05) is 6.42 Å². The zero-order valence-electron chi connectivity index (χ0n) is 9.18. The SMILES string of the molecule is CC1(C)OCCC1(O)C1=CCCCC1. The van der Waals surface area contributed by atoms with Crippen LogP contribution in [0.25, 0.3) is 0 Å². The maximum Gasteiger partial charge on any atom is 0.116 e. The highest BCUT2D eigenvalue weighted by molar-refractivity contribution is 5.25. The number of hydrogen-bond acceptors (Lipinski definition) is 2. The van der Waals surface area contributed by atoms with Crippen molar-refractivity contribution >= 4 is 0 Å². The normalized spacial score (nSPS) is 36.9. The molecule has 1 unspecified atom stereocenters. The van der Waals surface area contributed by atoms with Crippen molar-refractivity contribution in [1.82, 2.24) is 0 Å². The first-order valence-corrected chi connectivity index (χ1v) is 5.62. The average Bonchev–Trinajstić information content (AvgIpc) is 2.44. The van der Waals surface area contributed by atoms with Gasteiger partial charge in [-0.2, -0.15) is 0 Å². The molecule has 0 radical (unpaired) electrons. The second-order valence-electron chi connectivity index (χ2n) is 4.94. The second-order valence-corrected chi connectivity index (χ2v) is 4.94. The van der Waals surface area contributed by atoms with Gasteiger partial charge in [0.1, 0.15) is 5.60 Å². The summed E-state index contributed by atoms with van der Waals surface area (Å²) in [5, 5.41) is 10.7. The maximum atomic E-state index is 10.7. The minimum absolute atomic E-state index is 0.407. The molecule has 1 saturated heterocycles. The molecule has 1 fully saturated rings. The van der Waals surface area contributed by atoms with E-state index in [0.29, 0.717) is 6.61 Å². The van der Waals surface area contributed by atoms with Crippen molar-refractivity contribution < 1.29 is 9.84 Å². The van der Waals surface area contributed by atoms with E-state index >= 15 is 0 Å². The molecule has 1 aliphatic carbocycles. The predicted molar refractivity (Wildman–Crippen MR) is 56.1 cm³/mol. The molecule has 1 heterocycles. The fraction of sp³-hybridized carbons (Fsp3) is 0.833. The Morgan fingerprint density at radius 3 is 2.64 bits per heavy atom. The molecular formula is C12H20O2. The van der Waals surface area contributed by atoms with Crippen LogP contribution >= 0.6 is 0 Å². The Hall–Kier alpha value is -0.340. The molecule has 0 amide bonds. The van der Waals surface area contributed by atoms with E-state index in [-0.39, 0.29) is 0 Å². The Labute approximate surface area is 86.0 Å². The fourth-order valence-corrected chi connectivity index (χ4v) is 2.64. The predicted octanol–water partition coefficient (Wildman–Crippen LogP) is 2.42. The van der Waals surface area contributed by atoms with Crippen molar-refractivity contribution in [1.29, 1.82) is 0 Å². The summed E-state index contributed by atoms with van der Waals surface area (Å²) in [5.74, 6) is 0. The Morgan fingerprint density at radius 2 is 2.14 bits per heavy atom. The number of aliphatic hydroxyl groups is 1. The number of hydrogen-bond donors (Lipinski definition) is 1. The van der Waals surface area contributed by atoms with Crippen molar-refractivity contribution in [3.8, 4) is 0 Å². The highest BCUT2D eigenvalue weighted by Crippen LogP contribution is 2.43. The zero-order chi connectivity index (χ0) is 10.2. The van der Waals surface area contributed by atoms with Crippen LogP contribution in [-0.4, -0.2) is 22.9 Å². The summed E-state index contributed by atoms with van der Waals surface area (Å²) >= 11 is 0. The van der Waals surface area contributed by atoms with Gasteiger partial charge in [-0.1, -0.05) is 6.08 Å². The lowest BCUT2D eigenvalue weighted by atomic mass is 9.75. The third-order valence-electron chi connectivity index (χ3n) is 3.74. The minimum atomic E-state index is -0.701. The molecule has 0 spiro atoms. The number of ether oxygens (including phenoxy) is 1. The van der Waals surface area contributed by atoms with Gasteiger partial charge in [0.05, 0.1) is 12.2 Å². The Balaban J connectivity index is 2.26. The molecule has 2 nitrogen and oxygen atoms in total. The van der Waals surface area contributed by atoms with Crippen LogP contribution in [0.1, 0.15) is 46.0 Å². The van der Waals surface area contributed by atoms with Gasteiger partial charge in [-0.25, -0.2) is 0 Å². The van der Waals surface area contributed by atoms with Crippen molar-refractivity contribution in [2.45, 2.75) is 57.2 Å². The van der Waals surface area contributed by atoms with E-state index in [1.807, 2.05) is 13.8 Å². The van der Waals surface area contributed by atoms with Crippen LogP contribution in [0.3, 0.4) is 0 Å². The fourth-order valence-electron chi connectivity index (χ4n) is 2.64. The smallest absolute Gasteiger partial charge is 0.116 e. The van der Waals surface area contributed by atoms with Crippen molar-refractivity contribution in [2.75, 3.05) is 6.61 Å². The van der Waals surface area contributed by atoms with Crippen LogP contribution in [-0.2, 0) is 4.74 Å². The van der Waals surface area contributed by atoms with E-state index in [4.69, 9.17) is 4.74 Å². The first-order chi connectivity index (χ1) is 6.56. The molecule has 0 saturated carbocycles. The molecule has 1 atom stereocenters. The Kier molecular flexibility index (Phi) is 2.44. The third-order valence-corrected chi connectivity index (χ3v) is 3.74. The molecule has 2 aliphatic rings. The van der Waals surface area contributed by atoms with Gasteiger partial charge < -0.3 is 9.84 Å². The van der Waals surface area contributed by atoms with Crippen LogP contribution in [0, 0.1) is 0 Å². The van der Waals surface area contributed by atoms with Crippen LogP contribution < -0.4 is 0 Å². The van der Waals surface area contributed by atoms with Crippen molar-refractivity contribution in [3.63, 3.8) is 0 Å². The maximum absolute atomic E-state index is 10.7. The first kappa shape index (κ1) is 10.2. The lowest BCUT2D eigenvalue weighted by Gasteiger charge is -2.38. The summed E-state index contributed by atoms with van der Waals surface area (Å²) in [4.78, 5) is 0. The van der Waals surface area contributed by atoms with Crippen LogP contribution in [0.2, 0.25) is 0 Å². The molecule has 2 rings (SSSR count). The molecule has 0 bridgehead atoms. The lowest BCUT2D eigenvalue weighted by Crippen LogP contribution is -2.48. The molecule has 80 valence electrons. The third kappa shape index (κ3) is 1.41. The molecule has 0 aromatic heterocycles. The van der Waals surface area contributed by atoms with Gasteiger partial charge in [-0.05, 0) is 45.1 Å². The summed E-state index contributed by atoms with van der Waals surface area (Å²) in [6.07, 6.45) is 7.62. The molecule has 1 aliphatic heterocycles. The Bertz CT molecular complexity index is 255. The zero-order valence-corrected chi connectivity index (χ0v) is 9.18. The largest absolute Gasteiger partial charge is 0.382 e. The van der Waals surface area contributed by atoms with Crippen LogP contribution in [0.15, 0.2) is 11.6 Å². The summed E-state index contributed by atoms with van der Waals surface area (Å²) in [6.45, 7) is 4.67. The van der Waals surface area contributed by atoms with Gasteiger partial charge >= 0.3 is 0 Å². The summed E-state index contributed by atoms with van der Waals surface area (Å²) in [7, 11) is 0. The van der Waals surface area contributed by atoms with Crippen LogP contribution in [0.5, 0.6) is 0 Å². The minimum Gasteiger partial charge on any atom is -0.382 e. The monoisotopic (exact) mass is 196 g/mol. The second kappa shape index (κ2) is 3.35. The van der Waals surface area contributed by atoms with Gasteiger partial charge in [-0.3, -0.25) is 0 Å². The van der Waals surface area contributed by atoms with E-state index in [1.54, 1.807) is 0 Å². The van der Waals surface area contributed by atoms with Crippen LogP contribution in [0.4, 0.5) is 0 Å². The van der Waals surface area contributed by atoms with Gasteiger partial charge in [0.2, 0.25) is 0 Å². The average molecular weight is 196 g/mol. The van der Waals surface area contributed by atoms with Gasteiger partial charge in [0.15, 0.2) is 0 Å². The van der Waals surface area contributed by atoms with Crippen molar-refractivity contribution in [3.05, 3.63) is 11.6 Å². The quantitative estimate of drug-likeness (QED) is 0.653. The van der Waals surface area contributed by atoms with E-state index in [0.717, 1.165) is 19.3 Å². The highest BCUT2D eigenvalue weighted by atomic mass is 16.5. The Morgan fingerprint density at radius 1 is 1.36 bits per heavy atom. The molecule has 0 aromatic rings. The topological polar surface area (TPSA) is 29.5 Å². The summed E-state index contributed by atoms with van der Waals surface area (Å²) in [5.41, 5.74) is 0.107. The summed E-state index contributed by atoms with van der Waals surface area (Å²) < 4.78 is 5.62. The lowest BCUT2D eigenvalue weighted by molar-refractivity contribution is -0.0777. The molecule has 14 heavy (non-hydrogen) atoms. The van der Waals surface area contributed by atoms with Gasteiger partial charge in [-0.15, -0.1) is 0 Å². The number of rotatable bonds is 1. The van der Waals surface area contributed by atoms with Crippen molar-refractivity contribution in [2.24, 2.45) is 0 Å². The molecule has 1 N–H and O–H groups in total. The molecule has 0 aromatic carbocycles. The van der Waals surface area contributed by atoms with E-state index in [9.17, 15) is 5.11 Å². The summed E-state index contributed by atoms with van der Waals surface area (Å²) in [6, 6.07) is 0. The standard InChI is InChI=1S/C12H20O2/c1-11(2)12(13,8-9-14-11)10-6-4-3-5-7-10/h6,13H,3-5,7-9H2,1-2H3. The highest BCUT2D eigenvalue weighted by Gasteiger charge is 2.51. The molecule has 2 heteroatoms. The van der Waals surface area contributed by atoms with E-state index in [2.05, 4.69) is 6.08 Å². The van der Waals surface area contributed by atoms with E-state index in [1.165, 1.54) is 18.4 Å². The number of allylic oxidation sites excluding steroid dienone is 1. The van der Waals surface area contributed by atoms with E-state index < -0.39 is 11.2 Å². The van der Waals surface area contributed by atoms with Gasteiger partial charge in [0.25, 0.3) is 0 Å². The first-order valence-electron chi connectivity index (χ1n) is 5.62.